The predicted octanol–water partition coefficient (Wildman–Crippen LogP) is 0.886. The largest absolute Gasteiger partial charge is 0.347 e. The number of anilines is 1. The first-order valence-electron chi connectivity index (χ1n) is 8.11. The van der Waals surface area contributed by atoms with Crippen LogP contribution >= 0.6 is 11.8 Å². The molecule has 1 aromatic rings. The highest BCUT2D eigenvalue weighted by molar-refractivity contribution is 8.00. The lowest BCUT2D eigenvalue weighted by Gasteiger charge is -2.38. The number of fused-ring (bicyclic) bond motifs is 1. The van der Waals surface area contributed by atoms with Crippen molar-refractivity contribution in [2.45, 2.75) is 23.7 Å². The van der Waals surface area contributed by atoms with Crippen molar-refractivity contribution in [3.05, 3.63) is 18.3 Å². The smallest absolute Gasteiger partial charge is 0.242 e. The zero-order valence-electron chi connectivity index (χ0n) is 13.3. The van der Waals surface area contributed by atoms with Crippen molar-refractivity contribution in [3.8, 4) is 0 Å². The number of thioether (sulfide) groups is 1. The second kappa shape index (κ2) is 6.34. The minimum absolute atomic E-state index is 0.0436. The molecule has 0 aliphatic carbocycles. The van der Waals surface area contributed by atoms with Crippen LogP contribution in [0.2, 0.25) is 0 Å². The van der Waals surface area contributed by atoms with Gasteiger partial charge in [0, 0.05) is 32.1 Å². The molecule has 0 unspecified atom stereocenters. The molecule has 7 nitrogen and oxygen atoms in total. The number of amides is 2. The molecular weight excluding hydrogens is 330 g/mol. The highest BCUT2D eigenvalue weighted by Crippen LogP contribution is 2.34. The van der Waals surface area contributed by atoms with E-state index < -0.39 is 5.79 Å². The molecule has 3 aliphatic heterocycles. The normalized spacial score (nSPS) is 22.8. The van der Waals surface area contributed by atoms with E-state index in [0.717, 1.165) is 10.7 Å². The van der Waals surface area contributed by atoms with Gasteiger partial charge in [-0.25, -0.2) is 4.98 Å². The Hall–Kier alpha value is -1.64. The number of ether oxygens (including phenoxy) is 2. The summed E-state index contributed by atoms with van der Waals surface area (Å²) in [7, 11) is 0. The topological polar surface area (TPSA) is 72.0 Å². The van der Waals surface area contributed by atoms with Gasteiger partial charge in [0.1, 0.15) is 11.6 Å². The highest BCUT2D eigenvalue weighted by Gasteiger charge is 2.41. The Kier molecular flexibility index (Phi) is 4.19. The van der Waals surface area contributed by atoms with E-state index in [1.807, 2.05) is 6.07 Å². The third kappa shape index (κ3) is 2.89. The molecule has 8 heteroatoms. The van der Waals surface area contributed by atoms with Crippen molar-refractivity contribution in [2.75, 3.05) is 43.5 Å². The molecule has 0 N–H and O–H groups in total. The molecule has 0 bridgehead atoms. The van der Waals surface area contributed by atoms with Crippen molar-refractivity contribution < 1.29 is 19.1 Å². The molecule has 24 heavy (non-hydrogen) atoms. The van der Waals surface area contributed by atoms with Gasteiger partial charge in [-0.1, -0.05) is 11.8 Å². The molecule has 2 amide bonds. The minimum Gasteiger partial charge on any atom is -0.347 e. The number of carbonyl (C=O) groups is 2. The zero-order chi connectivity index (χ0) is 16.6. The summed E-state index contributed by atoms with van der Waals surface area (Å²) in [5.74, 6) is -0.268. The fraction of sp³-hybridized carbons (Fsp3) is 0.562. The molecule has 1 aromatic heterocycles. The zero-order valence-corrected chi connectivity index (χ0v) is 14.1. The second-order valence-electron chi connectivity index (χ2n) is 6.08. The number of likely N-dealkylation sites (tertiary alicyclic amines) is 1. The monoisotopic (exact) mass is 349 g/mol. The van der Waals surface area contributed by atoms with Crippen molar-refractivity contribution in [1.82, 2.24) is 9.88 Å². The Bertz CT molecular complexity index is 652. The van der Waals surface area contributed by atoms with E-state index in [4.69, 9.17) is 9.47 Å². The van der Waals surface area contributed by atoms with Gasteiger partial charge in [-0.05, 0) is 12.1 Å². The molecule has 0 aromatic carbocycles. The van der Waals surface area contributed by atoms with Gasteiger partial charge in [0.2, 0.25) is 11.8 Å². The third-order valence-corrected chi connectivity index (χ3v) is 5.64. The summed E-state index contributed by atoms with van der Waals surface area (Å²) in [6.07, 6.45) is 3.06. The molecule has 0 saturated carbocycles. The first kappa shape index (κ1) is 15.9. The summed E-state index contributed by atoms with van der Waals surface area (Å²) in [6, 6.07) is 3.62. The second-order valence-corrected chi connectivity index (χ2v) is 7.05. The van der Waals surface area contributed by atoms with Crippen LogP contribution in [0.4, 0.5) is 5.69 Å². The third-order valence-electron chi connectivity index (χ3n) is 4.66. The van der Waals surface area contributed by atoms with Gasteiger partial charge in [-0.3, -0.25) is 14.5 Å². The van der Waals surface area contributed by atoms with Crippen molar-refractivity contribution in [3.63, 3.8) is 0 Å². The highest BCUT2D eigenvalue weighted by atomic mass is 32.2. The molecule has 3 aliphatic rings. The number of carbonyl (C=O) groups excluding carboxylic acids is 2. The first-order valence-corrected chi connectivity index (χ1v) is 9.09. The van der Waals surface area contributed by atoms with E-state index in [1.54, 1.807) is 22.1 Å². The van der Waals surface area contributed by atoms with Crippen LogP contribution in [0.5, 0.6) is 0 Å². The Morgan fingerprint density at radius 1 is 1.29 bits per heavy atom. The summed E-state index contributed by atoms with van der Waals surface area (Å²) in [6.45, 7) is 2.49. The lowest BCUT2D eigenvalue weighted by atomic mass is 10.0. The lowest BCUT2D eigenvalue weighted by molar-refractivity contribution is -0.187. The van der Waals surface area contributed by atoms with E-state index in [2.05, 4.69) is 4.98 Å². The Morgan fingerprint density at radius 2 is 2.04 bits per heavy atom. The summed E-state index contributed by atoms with van der Waals surface area (Å²) in [5, 5.41) is 0.801. The maximum Gasteiger partial charge on any atom is 0.242 e. The number of aromatic nitrogens is 1. The van der Waals surface area contributed by atoms with Crippen LogP contribution in [0.1, 0.15) is 12.8 Å². The van der Waals surface area contributed by atoms with E-state index in [0.29, 0.717) is 44.9 Å². The fourth-order valence-corrected chi connectivity index (χ4v) is 4.21. The summed E-state index contributed by atoms with van der Waals surface area (Å²) in [4.78, 5) is 32.5. The van der Waals surface area contributed by atoms with Gasteiger partial charge in [0.05, 0.1) is 24.7 Å². The van der Waals surface area contributed by atoms with E-state index in [1.165, 1.54) is 11.8 Å². The maximum absolute atomic E-state index is 12.6. The average Bonchev–Trinajstić information content (AvgIpc) is 3.06. The van der Waals surface area contributed by atoms with Gasteiger partial charge in [0.25, 0.3) is 0 Å². The minimum atomic E-state index is -0.495. The SMILES string of the molecule is O=C(CN1C(=O)CSc2ncccc21)N1CCC2(CC1)OCCO2. The average molecular weight is 349 g/mol. The quantitative estimate of drug-likeness (QED) is 0.789. The van der Waals surface area contributed by atoms with Gasteiger partial charge < -0.3 is 14.4 Å². The number of hydrogen-bond acceptors (Lipinski definition) is 6. The maximum atomic E-state index is 12.6. The van der Waals surface area contributed by atoms with Gasteiger partial charge in [-0.2, -0.15) is 0 Å². The van der Waals surface area contributed by atoms with Gasteiger partial charge in [0.15, 0.2) is 5.79 Å². The van der Waals surface area contributed by atoms with E-state index in [9.17, 15) is 9.59 Å². The van der Waals surface area contributed by atoms with Crippen LogP contribution < -0.4 is 4.90 Å². The standard InChI is InChI=1S/C16H19N3O4S/c20-13(18-6-3-16(4-7-18)22-8-9-23-16)10-19-12-2-1-5-17-15(12)24-11-14(19)21/h1-2,5H,3-4,6-11H2. The summed E-state index contributed by atoms with van der Waals surface area (Å²) >= 11 is 1.42. The molecule has 0 atom stereocenters. The summed E-state index contributed by atoms with van der Waals surface area (Å²) in [5.41, 5.74) is 0.725. The Balaban J connectivity index is 1.42. The van der Waals surface area contributed by atoms with Gasteiger partial charge in [-0.15, -0.1) is 0 Å². The Labute approximate surface area is 144 Å². The molecule has 128 valence electrons. The fourth-order valence-electron chi connectivity index (χ4n) is 3.33. The molecule has 4 heterocycles. The van der Waals surface area contributed by atoms with Crippen LogP contribution in [0.25, 0.3) is 0 Å². The van der Waals surface area contributed by atoms with Crippen molar-refractivity contribution >= 4 is 29.3 Å². The van der Waals surface area contributed by atoms with E-state index >= 15 is 0 Å². The van der Waals surface area contributed by atoms with Crippen molar-refractivity contribution in [1.29, 1.82) is 0 Å². The number of hydrogen-bond donors (Lipinski definition) is 0. The molecule has 2 saturated heterocycles. The number of nitrogens with zero attached hydrogens (tertiary/aromatic N) is 3. The lowest BCUT2D eigenvalue weighted by Crippen LogP contribution is -2.51. The Morgan fingerprint density at radius 3 is 2.79 bits per heavy atom. The number of piperidine rings is 1. The number of pyridine rings is 1. The molecule has 0 radical (unpaired) electrons. The predicted molar refractivity (Wildman–Crippen MR) is 87.8 cm³/mol. The van der Waals surface area contributed by atoms with Crippen LogP contribution in [-0.2, 0) is 19.1 Å². The molecule has 4 rings (SSSR count). The van der Waals surface area contributed by atoms with Crippen LogP contribution in [0, 0.1) is 0 Å². The van der Waals surface area contributed by atoms with Crippen LogP contribution in [0.15, 0.2) is 23.4 Å². The van der Waals surface area contributed by atoms with E-state index in [-0.39, 0.29) is 18.4 Å². The van der Waals surface area contributed by atoms with Crippen molar-refractivity contribution in [2.24, 2.45) is 0 Å². The summed E-state index contributed by atoms with van der Waals surface area (Å²) < 4.78 is 11.4. The van der Waals surface area contributed by atoms with Gasteiger partial charge >= 0.3 is 0 Å². The molecule has 1 spiro atoms. The van der Waals surface area contributed by atoms with Crippen LogP contribution in [0.3, 0.4) is 0 Å². The number of rotatable bonds is 2. The molecular formula is C16H19N3O4S. The van der Waals surface area contributed by atoms with Crippen LogP contribution in [-0.4, -0.2) is 66.1 Å². The first-order chi connectivity index (χ1) is 11.7. The molecule has 2 fully saturated rings.